The van der Waals surface area contributed by atoms with E-state index in [4.69, 9.17) is 5.11 Å². The van der Waals surface area contributed by atoms with Gasteiger partial charge in [0.1, 0.15) is 12.1 Å². The third-order valence-corrected chi connectivity index (χ3v) is 3.55. The van der Waals surface area contributed by atoms with E-state index in [0.717, 1.165) is 29.4 Å². The highest BCUT2D eigenvalue weighted by Crippen LogP contribution is 2.11. The number of anilines is 1. The summed E-state index contributed by atoms with van der Waals surface area (Å²) in [5, 5.41) is 14.4. The molecule has 0 atom stereocenters. The highest BCUT2D eigenvalue weighted by Gasteiger charge is 2.08. The van der Waals surface area contributed by atoms with Crippen LogP contribution in [-0.2, 0) is 12.8 Å². The number of aromatic nitrogens is 3. The first-order chi connectivity index (χ1) is 9.69. The predicted octanol–water partition coefficient (Wildman–Crippen LogP) is 2.24. The summed E-state index contributed by atoms with van der Waals surface area (Å²) in [6.07, 6.45) is 4.21. The molecule has 0 aromatic carbocycles. The van der Waals surface area contributed by atoms with E-state index in [1.54, 1.807) is 11.7 Å². The normalized spacial score (nSPS) is 10.4. The topological polar surface area (TPSA) is 88.0 Å². The fraction of sp³-hybridized carbons (Fsp3) is 0.385. The van der Waals surface area contributed by atoms with Crippen LogP contribution in [0, 0.1) is 0 Å². The van der Waals surface area contributed by atoms with E-state index in [1.807, 2.05) is 6.07 Å². The molecule has 106 valence electrons. The standard InChI is InChI=1S/C13H16N4O2S/c1-2-3-9-6-11(16-8-15-9)14-5-4-12-17-10(7-20-12)13(18)19/h6-8H,2-5H2,1H3,(H,18,19)(H,14,15,16). The lowest BCUT2D eigenvalue weighted by Gasteiger charge is -2.05. The van der Waals surface area contributed by atoms with E-state index in [0.29, 0.717) is 13.0 Å². The number of carboxylic acids is 1. The minimum atomic E-state index is -0.986. The zero-order chi connectivity index (χ0) is 14.4. The summed E-state index contributed by atoms with van der Waals surface area (Å²) in [5.74, 6) is -0.195. The van der Waals surface area contributed by atoms with Crippen molar-refractivity contribution in [3.8, 4) is 0 Å². The number of thiazole rings is 1. The lowest BCUT2D eigenvalue weighted by molar-refractivity contribution is 0.0691. The first-order valence-electron chi connectivity index (χ1n) is 6.41. The van der Waals surface area contributed by atoms with Crippen LogP contribution in [-0.4, -0.2) is 32.6 Å². The van der Waals surface area contributed by atoms with Crippen molar-refractivity contribution in [3.05, 3.63) is 34.2 Å². The fourth-order valence-electron chi connectivity index (χ4n) is 1.71. The SMILES string of the molecule is CCCc1cc(NCCc2nc(C(=O)O)cs2)ncn1. The van der Waals surface area contributed by atoms with E-state index in [2.05, 4.69) is 27.2 Å². The van der Waals surface area contributed by atoms with Crippen molar-refractivity contribution >= 4 is 23.1 Å². The molecule has 7 heteroatoms. The van der Waals surface area contributed by atoms with Gasteiger partial charge in [-0.05, 0) is 6.42 Å². The molecule has 20 heavy (non-hydrogen) atoms. The molecule has 2 heterocycles. The minimum absolute atomic E-state index is 0.109. The van der Waals surface area contributed by atoms with Crippen molar-refractivity contribution in [1.29, 1.82) is 0 Å². The molecule has 0 aliphatic carbocycles. The minimum Gasteiger partial charge on any atom is -0.476 e. The van der Waals surface area contributed by atoms with Crippen molar-refractivity contribution in [2.45, 2.75) is 26.2 Å². The maximum absolute atomic E-state index is 10.7. The summed E-state index contributed by atoms with van der Waals surface area (Å²) < 4.78 is 0. The molecular formula is C13H16N4O2S. The molecule has 0 amide bonds. The van der Waals surface area contributed by atoms with Gasteiger partial charge >= 0.3 is 5.97 Å². The monoisotopic (exact) mass is 292 g/mol. The van der Waals surface area contributed by atoms with Crippen molar-refractivity contribution in [2.24, 2.45) is 0 Å². The van der Waals surface area contributed by atoms with Crippen LogP contribution in [0.25, 0.3) is 0 Å². The Labute approximate surface area is 120 Å². The average molecular weight is 292 g/mol. The number of aromatic carboxylic acids is 1. The highest BCUT2D eigenvalue weighted by atomic mass is 32.1. The molecule has 0 radical (unpaired) electrons. The van der Waals surface area contributed by atoms with Crippen molar-refractivity contribution in [2.75, 3.05) is 11.9 Å². The molecule has 0 fully saturated rings. The van der Waals surface area contributed by atoms with Gasteiger partial charge in [0.15, 0.2) is 5.69 Å². The number of nitrogens with one attached hydrogen (secondary N) is 1. The molecule has 0 spiro atoms. The summed E-state index contributed by atoms with van der Waals surface area (Å²) in [7, 11) is 0. The van der Waals surface area contributed by atoms with Gasteiger partial charge in [0.25, 0.3) is 0 Å². The average Bonchev–Trinajstić information content (AvgIpc) is 2.89. The molecule has 2 aromatic rings. The fourth-order valence-corrected chi connectivity index (χ4v) is 2.48. The molecule has 0 saturated carbocycles. The van der Waals surface area contributed by atoms with Gasteiger partial charge in [-0.1, -0.05) is 13.3 Å². The lowest BCUT2D eigenvalue weighted by Crippen LogP contribution is -2.07. The van der Waals surface area contributed by atoms with Gasteiger partial charge in [-0.15, -0.1) is 11.3 Å². The van der Waals surface area contributed by atoms with E-state index < -0.39 is 5.97 Å². The second kappa shape index (κ2) is 6.95. The lowest BCUT2D eigenvalue weighted by atomic mass is 10.2. The number of carbonyl (C=O) groups is 1. The third-order valence-electron chi connectivity index (χ3n) is 2.65. The number of hydrogen-bond donors (Lipinski definition) is 2. The molecule has 0 aliphatic rings. The Morgan fingerprint density at radius 2 is 2.25 bits per heavy atom. The van der Waals surface area contributed by atoms with E-state index in [9.17, 15) is 4.79 Å². The second-order valence-corrected chi connectivity index (χ2v) is 5.20. The Kier molecular flexibility index (Phi) is 5.00. The van der Waals surface area contributed by atoms with E-state index in [1.165, 1.54) is 11.3 Å². The highest BCUT2D eigenvalue weighted by molar-refractivity contribution is 7.09. The third kappa shape index (κ3) is 3.99. The van der Waals surface area contributed by atoms with Crippen LogP contribution in [0.1, 0.15) is 34.5 Å². The molecule has 2 aromatic heterocycles. The smallest absolute Gasteiger partial charge is 0.355 e. The van der Waals surface area contributed by atoms with Crippen molar-refractivity contribution < 1.29 is 9.90 Å². The van der Waals surface area contributed by atoms with Gasteiger partial charge in [0.05, 0.1) is 5.01 Å². The van der Waals surface area contributed by atoms with Crippen molar-refractivity contribution in [1.82, 2.24) is 15.0 Å². The van der Waals surface area contributed by atoms with Crippen LogP contribution < -0.4 is 5.32 Å². The Hall–Kier alpha value is -2.02. The van der Waals surface area contributed by atoms with Gasteiger partial charge in [0.2, 0.25) is 0 Å². The summed E-state index contributed by atoms with van der Waals surface area (Å²) in [6, 6.07) is 1.94. The van der Waals surface area contributed by atoms with Gasteiger partial charge in [-0.2, -0.15) is 0 Å². The first kappa shape index (κ1) is 14.4. The van der Waals surface area contributed by atoms with Gasteiger partial charge in [-0.25, -0.2) is 19.7 Å². The number of nitrogens with zero attached hydrogens (tertiary/aromatic N) is 3. The Bertz CT molecular complexity index is 585. The second-order valence-electron chi connectivity index (χ2n) is 4.25. The number of aryl methyl sites for hydroxylation is 1. The van der Waals surface area contributed by atoms with Crippen LogP contribution in [0.2, 0.25) is 0 Å². The number of carboxylic acid groups (broad SMARTS) is 1. The molecular weight excluding hydrogens is 276 g/mol. The van der Waals surface area contributed by atoms with E-state index in [-0.39, 0.29) is 5.69 Å². The number of hydrogen-bond acceptors (Lipinski definition) is 6. The van der Waals surface area contributed by atoms with Crippen LogP contribution in [0.15, 0.2) is 17.8 Å². The first-order valence-corrected chi connectivity index (χ1v) is 7.29. The largest absolute Gasteiger partial charge is 0.476 e. The van der Waals surface area contributed by atoms with Gasteiger partial charge < -0.3 is 10.4 Å². The Morgan fingerprint density at radius 1 is 1.40 bits per heavy atom. The van der Waals surface area contributed by atoms with Gasteiger partial charge in [0, 0.05) is 30.1 Å². The van der Waals surface area contributed by atoms with Gasteiger partial charge in [-0.3, -0.25) is 0 Å². The Morgan fingerprint density at radius 3 is 2.95 bits per heavy atom. The summed E-state index contributed by atoms with van der Waals surface area (Å²) in [5.41, 5.74) is 1.13. The molecule has 0 bridgehead atoms. The number of rotatable bonds is 7. The molecule has 2 N–H and O–H groups in total. The molecule has 0 unspecified atom stereocenters. The molecule has 2 rings (SSSR count). The molecule has 0 saturated heterocycles. The zero-order valence-electron chi connectivity index (χ0n) is 11.2. The van der Waals surface area contributed by atoms with Crippen LogP contribution >= 0.6 is 11.3 Å². The predicted molar refractivity (Wildman–Crippen MR) is 77.3 cm³/mol. The molecule has 0 aliphatic heterocycles. The quantitative estimate of drug-likeness (QED) is 0.813. The summed E-state index contributed by atoms with van der Waals surface area (Å²) in [4.78, 5) is 23.1. The van der Waals surface area contributed by atoms with Crippen molar-refractivity contribution in [3.63, 3.8) is 0 Å². The molecule has 6 nitrogen and oxygen atoms in total. The maximum Gasteiger partial charge on any atom is 0.355 e. The summed E-state index contributed by atoms with van der Waals surface area (Å²) in [6.45, 7) is 2.77. The Balaban J connectivity index is 1.85. The van der Waals surface area contributed by atoms with Crippen LogP contribution in [0.3, 0.4) is 0 Å². The van der Waals surface area contributed by atoms with E-state index >= 15 is 0 Å². The zero-order valence-corrected chi connectivity index (χ0v) is 12.0. The van der Waals surface area contributed by atoms with Crippen LogP contribution in [0.5, 0.6) is 0 Å². The van der Waals surface area contributed by atoms with Crippen LogP contribution in [0.4, 0.5) is 5.82 Å². The summed E-state index contributed by atoms with van der Waals surface area (Å²) >= 11 is 1.36. The maximum atomic E-state index is 10.7.